The summed E-state index contributed by atoms with van der Waals surface area (Å²) >= 11 is 6.09. The highest BCUT2D eigenvalue weighted by molar-refractivity contribution is 6.32. The average Bonchev–Trinajstić information content (AvgIpc) is 2.23. The lowest BCUT2D eigenvalue weighted by atomic mass is 10.1. The Morgan fingerprint density at radius 2 is 1.72 bits per heavy atom. The second kappa shape index (κ2) is 6.41. The van der Waals surface area contributed by atoms with Gasteiger partial charge < -0.3 is 15.2 Å². The highest BCUT2D eigenvalue weighted by atomic mass is 35.5. The molecule has 1 rings (SSSR count). The summed E-state index contributed by atoms with van der Waals surface area (Å²) in [6, 6.07) is 3.87. The topological polar surface area (TPSA) is 44.5 Å². The number of aryl methyl sites for hydroxylation is 2. The van der Waals surface area contributed by atoms with E-state index in [-0.39, 0.29) is 5.54 Å². The summed E-state index contributed by atoms with van der Waals surface area (Å²) in [7, 11) is 0. The van der Waals surface area contributed by atoms with Crippen LogP contribution >= 0.6 is 11.6 Å². The molecule has 0 atom stereocenters. The number of nitrogens with two attached hydrogens (primary N) is 1. The van der Waals surface area contributed by atoms with Crippen molar-refractivity contribution in [3.63, 3.8) is 0 Å². The number of ether oxygens (including phenoxy) is 2. The third-order valence-corrected chi connectivity index (χ3v) is 2.98. The molecule has 0 bridgehead atoms. The molecule has 0 aromatic heterocycles. The van der Waals surface area contributed by atoms with Crippen LogP contribution in [-0.2, 0) is 4.74 Å². The molecule has 0 saturated heterocycles. The highest BCUT2D eigenvalue weighted by Crippen LogP contribution is 2.25. The monoisotopic (exact) mass is 271 g/mol. The van der Waals surface area contributed by atoms with E-state index in [1.54, 1.807) is 0 Å². The zero-order chi connectivity index (χ0) is 13.8. The molecule has 0 unspecified atom stereocenters. The van der Waals surface area contributed by atoms with Crippen LogP contribution in [0.15, 0.2) is 12.1 Å². The molecule has 0 aliphatic rings. The molecule has 0 fully saturated rings. The van der Waals surface area contributed by atoms with E-state index < -0.39 is 0 Å². The molecule has 0 radical (unpaired) electrons. The Kier molecular flexibility index (Phi) is 5.45. The standard InChI is InChI=1S/C14H22ClNO2/c1-10-7-12(8-11(2)13(10)15)18-6-5-17-9-14(3,4)16/h7-8H,5-6,9,16H2,1-4H3. The molecular weight excluding hydrogens is 250 g/mol. The number of hydrogen-bond acceptors (Lipinski definition) is 3. The van der Waals surface area contributed by atoms with Crippen molar-refractivity contribution < 1.29 is 9.47 Å². The van der Waals surface area contributed by atoms with Gasteiger partial charge in [-0.2, -0.15) is 0 Å². The van der Waals surface area contributed by atoms with Crippen LogP contribution in [0.1, 0.15) is 25.0 Å². The molecule has 0 aliphatic heterocycles. The molecule has 102 valence electrons. The van der Waals surface area contributed by atoms with Gasteiger partial charge in [0.2, 0.25) is 0 Å². The zero-order valence-corrected chi connectivity index (χ0v) is 12.3. The van der Waals surface area contributed by atoms with Gasteiger partial charge in [0.15, 0.2) is 0 Å². The lowest BCUT2D eigenvalue weighted by Gasteiger charge is -2.18. The number of rotatable bonds is 6. The Morgan fingerprint density at radius 1 is 1.17 bits per heavy atom. The smallest absolute Gasteiger partial charge is 0.120 e. The molecule has 0 heterocycles. The van der Waals surface area contributed by atoms with Gasteiger partial charge >= 0.3 is 0 Å². The zero-order valence-electron chi connectivity index (χ0n) is 11.5. The minimum absolute atomic E-state index is 0.298. The van der Waals surface area contributed by atoms with Crippen molar-refractivity contribution in [2.24, 2.45) is 5.73 Å². The minimum atomic E-state index is -0.298. The van der Waals surface area contributed by atoms with Crippen LogP contribution in [0.2, 0.25) is 5.02 Å². The van der Waals surface area contributed by atoms with Gasteiger partial charge in [-0.1, -0.05) is 11.6 Å². The first kappa shape index (κ1) is 15.3. The molecule has 1 aromatic carbocycles. The predicted octanol–water partition coefficient (Wildman–Crippen LogP) is 3.09. The van der Waals surface area contributed by atoms with E-state index in [9.17, 15) is 0 Å². The highest BCUT2D eigenvalue weighted by Gasteiger charge is 2.10. The summed E-state index contributed by atoms with van der Waals surface area (Å²) in [5, 5.41) is 0.795. The van der Waals surface area contributed by atoms with Crippen LogP contribution < -0.4 is 10.5 Å². The molecule has 18 heavy (non-hydrogen) atoms. The van der Waals surface area contributed by atoms with Gasteiger partial charge in [-0.25, -0.2) is 0 Å². The summed E-state index contributed by atoms with van der Waals surface area (Å²) < 4.78 is 11.0. The third-order valence-electron chi connectivity index (χ3n) is 2.38. The average molecular weight is 272 g/mol. The molecule has 0 saturated carbocycles. The summed E-state index contributed by atoms with van der Waals surface area (Å²) in [4.78, 5) is 0. The van der Waals surface area contributed by atoms with Gasteiger partial charge in [-0.15, -0.1) is 0 Å². The minimum Gasteiger partial charge on any atom is -0.491 e. The van der Waals surface area contributed by atoms with Gasteiger partial charge in [0.05, 0.1) is 13.2 Å². The van der Waals surface area contributed by atoms with Crippen molar-refractivity contribution in [1.82, 2.24) is 0 Å². The molecule has 0 amide bonds. The molecule has 4 heteroatoms. The van der Waals surface area contributed by atoms with Crippen LogP contribution in [0.3, 0.4) is 0 Å². The van der Waals surface area contributed by atoms with Crippen LogP contribution in [0, 0.1) is 13.8 Å². The largest absolute Gasteiger partial charge is 0.491 e. The Labute approximate surface area is 114 Å². The Bertz CT molecular complexity index is 376. The fourth-order valence-electron chi connectivity index (χ4n) is 1.54. The van der Waals surface area contributed by atoms with Gasteiger partial charge in [-0.3, -0.25) is 0 Å². The van der Waals surface area contributed by atoms with Gasteiger partial charge in [0, 0.05) is 10.6 Å². The summed E-state index contributed by atoms with van der Waals surface area (Å²) in [5.74, 6) is 0.824. The van der Waals surface area contributed by atoms with Crippen LogP contribution in [0.25, 0.3) is 0 Å². The SMILES string of the molecule is Cc1cc(OCCOCC(C)(C)N)cc(C)c1Cl. The maximum atomic E-state index is 6.09. The first-order chi connectivity index (χ1) is 8.29. The van der Waals surface area contributed by atoms with Gasteiger partial charge in [-0.05, 0) is 51.0 Å². The summed E-state index contributed by atoms with van der Waals surface area (Å²) in [6.07, 6.45) is 0. The first-order valence-electron chi connectivity index (χ1n) is 6.06. The van der Waals surface area contributed by atoms with Crippen LogP contribution in [-0.4, -0.2) is 25.4 Å². The maximum absolute atomic E-state index is 6.09. The van der Waals surface area contributed by atoms with Crippen molar-refractivity contribution in [3.8, 4) is 5.75 Å². The fourth-order valence-corrected chi connectivity index (χ4v) is 1.65. The quantitative estimate of drug-likeness (QED) is 0.809. The van der Waals surface area contributed by atoms with E-state index in [1.165, 1.54) is 0 Å². The second-order valence-corrected chi connectivity index (χ2v) is 5.64. The first-order valence-corrected chi connectivity index (χ1v) is 6.43. The second-order valence-electron chi connectivity index (χ2n) is 5.26. The van der Waals surface area contributed by atoms with Crippen LogP contribution in [0.4, 0.5) is 0 Å². The molecule has 2 N–H and O–H groups in total. The van der Waals surface area contributed by atoms with Crippen molar-refractivity contribution in [1.29, 1.82) is 0 Å². The normalized spacial score (nSPS) is 11.7. The summed E-state index contributed by atoms with van der Waals surface area (Å²) in [5.41, 5.74) is 7.55. The van der Waals surface area contributed by atoms with Crippen LogP contribution in [0.5, 0.6) is 5.75 Å². The maximum Gasteiger partial charge on any atom is 0.120 e. The third kappa shape index (κ3) is 5.25. The van der Waals surface area contributed by atoms with E-state index in [4.69, 9.17) is 26.8 Å². The number of hydrogen-bond donors (Lipinski definition) is 1. The fraction of sp³-hybridized carbons (Fsp3) is 0.571. The van der Waals surface area contributed by atoms with E-state index >= 15 is 0 Å². The van der Waals surface area contributed by atoms with Crippen molar-refractivity contribution in [2.75, 3.05) is 19.8 Å². The Balaban J connectivity index is 2.36. The molecule has 3 nitrogen and oxygen atoms in total. The number of halogens is 1. The summed E-state index contributed by atoms with van der Waals surface area (Å²) in [6.45, 7) is 9.36. The van der Waals surface area contributed by atoms with Crippen molar-refractivity contribution >= 4 is 11.6 Å². The number of benzene rings is 1. The van der Waals surface area contributed by atoms with Gasteiger partial charge in [0.1, 0.15) is 12.4 Å². The predicted molar refractivity (Wildman–Crippen MR) is 75.5 cm³/mol. The Morgan fingerprint density at radius 3 is 2.22 bits per heavy atom. The lowest BCUT2D eigenvalue weighted by molar-refractivity contribution is 0.0724. The molecule has 0 aliphatic carbocycles. The lowest BCUT2D eigenvalue weighted by Crippen LogP contribution is -2.37. The molecule has 0 spiro atoms. The van der Waals surface area contributed by atoms with Crippen molar-refractivity contribution in [3.05, 3.63) is 28.3 Å². The van der Waals surface area contributed by atoms with E-state index in [2.05, 4.69) is 0 Å². The van der Waals surface area contributed by atoms with Crippen molar-refractivity contribution in [2.45, 2.75) is 33.2 Å². The van der Waals surface area contributed by atoms with E-state index in [1.807, 2.05) is 39.8 Å². The van der Waals surface area contributed by atoms with E-state index in [0.717, 1.165) is 21.9 Å². The molecule has 1 aromatic rings. The Hall–Kier alpha value is -0.770. The molecular formula is C14H22ClNO2. The van der Waals surface area contributed by atoms with Gasteiger partial charge in [0.25, 0.3) is 0 Å². The van der Waals surface area contributed by atoms with E-state index in [0.29, 0.717) is 19.8 Å².